The van der Waals surface area contributed by atoms with Crippen molar-refractivity contribution in [3.8, 4) is 0 Å². The maximum Gasteiger partial charge on any atom is 0.222 e. The lowest BCUT2D eigenvalue weighted by Crippen LogP contribution is -2.35. The summed E-state index contributed by atoms with van der Waals surface area (Å²) in [4.78, 5) is 43.5. The molecule has 0 aliphatic rings. The van der Waals surface area contributed by atoms with Gasteiger partial charge in [-0.15, -0.1) is 0 Å². The molecule has 146 valence electrons. The largest absolute Gasteiger partial charge is 0.395 e. The van der Waals surface area contributed by atoms with Gasteiger partial charge in [0.05, 0.1) is 13.2 Å². The second-order valence-corrected chi connectivity index (χ2v) is 5.29. The maximum absolute atomic E-state index is 11.6. The van der Waals surface area contributed by atoms with E-state index < -0.39 is 11.8 Å². The third-order valence-corrected chi connectivity index (χ3v) is 3.00. The predicted molar refractivity (Wildman–Crippen MR) is 90.7 cm³/mol. The summed E-state index contributed by atoms with van der Waals surface area (Å²) < 4.78 is 0. The topological polar surface area (TPSA) is 190 Å². The first-order valence-electron chi connectivity index (χ1n) is 8.09. The molecule has 0 aromatic carbocycles. The number of aliphatic hydroxyl groups excluding tert-OH is 2. The van der Waals surface area contributed by atoms with Crippen molar-refractivity contribution in [2.75, 3.05) is 26.3 Å². The zero-order valence-electron chi connectivity index (χ0n) is 14.5. The van der Waals surface area contributed by atoms with Gasteiger partial charge in [-0.3, -0.25) is 19.2 Å². The summed E-state index contributed by atoms with van der Waals surface area (Å²) in [6, 6.07) is 0. The summed E-state index contributed by atoms with van der Waals surface area (Å²) in [7, 11) is 0. The lowest BCUT2D eigenvalue weighted by Gasteiger charge is -2.20. The van der Waals surface area contributed by atoms with E-state index in [0.717, 1.165) is 0 Å². The zero-order chi connectivity index (χ0) is 19.7. The minimum atomic E-state index is -0.392. The highest BCUT2D eigenvalue weighted by molar-refractivity contribution is 5.77. The Bertz CT molecular complexity index is 397. The van der Waals surface area contributed by atoms with Gasteiger partial charge in [0.15, 0.2) is 0 Å². The van der Waals surface area contributed by atoms with E-state index in [2.05, 4.69) is 0 Å². The number of amides is 4. The number of primary amides is 3. The lowest BCUT2D eigenvalue weighted by atomic mass is 10.1. The van der Waals surface area contributed by atoms with Crippen LogP contribution in [0.4, 0.5) is 0 Å². The lowest BCUT2D eigenvalue weighted by molar-refractivity contribution is -0.132. The highest BCUT2D eigenvalue weighted by Gasteiger charge is 2.11. The van der Waals surface area contributed by atoms with Crippen molar-refractivity contribution >= 4 is 23.6 Å². The van der Waals surface area contributed by atoms with Gasteiger partial charge < -0.3 is 32.3 Å². The second kappa shape index (κ2) is 16.7. The summed E-state index contributed by atoms with van der Waals surface area (Å²) in [5.74, 6) is -1.27. The van der Waals surface area contributed by atoms with Crippen LogP contribution in [0, 0.1) is 0 Å². The number of aliphatic hydroxyl groups is 2. The summed E-state index contributed by atoms with van der Waals surface area (Å²) in [5, 5.41) is 17.4. The molecule has 0 saturated carbocycles. The predicted octanol–water partition coefficient (Wildman–Crippen LogP) is -2.03. The quantitative estimate of drug-likeness (QED) is 0.235. The van der Waals surface area contributed by atoms with E-state index in [1.165, 1.54) is 4.90 Å². The molecule has 4 amide bonds. The first kappa shape index (κ1) is 25.0. The van der Waals surface area contributed by atoms with Crippen LogP contribution in [0.1, 0.15) is 44.9 Å². The molecular formula is C15H30N4O6. The molecule has 0 aromatic heterocycles. The molecule has 10 heteroatoms. The Balaban J connectivity index is 0. The van der Waals surface area contributed by atoms with Crippen molar-refractivity contribution in [1.82, 2.24) is 4.90 Å². The highest BCUT2D eigenvalue weighted by atomic mass is 16.3. The van der Waals surface area contributed by atoms with E-state index in [4.69, 9.17) is 27.4 Å². The van der Waals surface area contributed by atoms with Crippen LogP contribution in [0.3, 0.4) is 0 Å². The van der Waals surface area contributed by atoms with Crippen LogP contribution in [0.5, 0.6) is 0 Å². The van der Waals surface area contributed by atoms with E-state index in [1.54, 1.807) is 0 Å². The Labute approximate surface area is 147 Å². The van der Waals surface area contributed by atoms with E-state index in [1.807, 2.05) is 0 Å². The highest BCUT2D eigenvalue weighted by Crippen LogP contribution is 2.03. The number of carbonyl (C=O) groups excluding carboxylic acids is 4. The van der Waals surface area contributed by atoms with E-state index in [-0.39, 0.29) is 57.4 Å². The average molecular weight is 362 g/mol. The summed E-state index contributed by atoms with van der Waals surface area (Å²) in [6.45, 7) is 0.227. The molecule has 25 heavy (non-hydrogen) atoms. The van der Waals surface area contributed by atoms with Gasteiger partial charge in [-0.2, -0.15) is 0 Å². The first-order valence-corrected chi connectivity index (χ1v) is 8.09. The molecule has 0 saturated heterocycles. The number of carbonyl (C=O) groups is 4. The number of unbranched alkanes of at least 4 members (excludes halogenated alkanes) is 1. The molecule has 10 nitrogen and oxygen atoms in total. The molecule has 0 fully saturated rings. The summed E-state index contributed by atoms with van der Waals surface area (Å²) in [6.07, 6.45) is 2.72. The molecule has 8 N–H and O–H groups in total. The number of hydrogen-bond donors (Lipinski definition) is 5. The van der Waals surface area contributed by atoms with Crippen LogP contribution in [0.25, 0.3) is 0 Å². The molecule has 0 atom stereocenters. The van der Waals surface area contributed by atoms with Gasteiger partial charge in [-0.25, -0.2) is 0 Å². The number of rotatable bonds is 13. The number of nitrogens with two attached hydrogens (primary N) is 3. The van der Waals surface area contributed by atoms with Gasteiger partial charge in [-0.05, 0) is 19.3 Å². The van der Waals surface area contributed by atoms with Crippen LogP contribution in [0.15, 0.2) is 0 Å². The smallest absolute Gasteiger partial charge is 0.222 e. The normalized spacial score (nSPS) is 9.68. The Morgan fingerprint density at radius 2 is 1.00 bits per heavy atom. The molecule has 0 aliphatic heterocycles. The summed E-state index contributed by atoms with van der Waals surface area (Å²) in [5.41, 5.74) is 14.5. The van der Waals surface area contributed by atoms with Crippen molar-refractivity contribution in [2.24, 2.45) is 17.2 Å². The third-order valence-electron chi connectivity index (χ3n) is 3.00. The molecule has 0 heterocycles. The van der Waals surface area contributed by atoms with Crippen LogP contribution in [0.2, 0.25) is 0 Å². The molecule has 0 aliphatic carbocycles. The van der Waals surface area contributed by atoms with Crippen LogP contribution in [-0.4, -0.2) is 65.0 Å². The SMILES string of the molecule is NC(=O)CCCC(N)=O.NC(=O)CCCCC(=O)N(CCO)CCO. The van der Waals surface area contributed by atoms with E-state index >= 15 is 0 Å². The van der Waals surface area contributed by atoms with Gasteiger partial charge >= 0.3 is 0 Å². The van der Waals surface area contributed by atoms with Crippen LogP contribution >= 0.6 is 0 Å². The van der Waals surface area contributed by atoms with Crippen molar-refractivity contribution < 1.29 is 29.4 Å². The van der Waals surface area contributed by atoms with Gasteiger partial charge in [0.25, 0.3) is 0 Å². The Kier molecular flexibility index (Phi) is 16.7. The van der Waals surface area contributed by atoms with Crippen LogP contribution < -0.4 is 17.2 Å². The van der Waals surface area contributed by atoms with E-state index in [9.17, 15) is 19.2 Å². The molecule has 0 radical (unpaired) electrons. The van der Waals surface area contributed by atoms with Gasteiger partial charge in [0.2, 0.25) is 23.6 Å². The van der Waals surface area contributed by atoms with Gasteiger partial charge in [0, 0.05) is 38.8 Å². The number of hydrogen-bond acceptors (Lipinski definition) is 6. The molecular weight excluding hydrogens is 332 g/mol. The van der Waals surface area contributed by atoms with Crippen molar-refractivity contribution in [3.05, 3.63) is 0 Å². The summed E-state index contributed by atoms with van der Waals surface area (Å²) >= 11 is 0. The fraction of sp³-hybridized carbons (Fsp3) is 0.733. The van der Waals surface area contributed by atoms with Crippen LogP contribution in [-0.2, 0) is 19.2 Å². The Morgan fingerprint density at radius 3 is 1.36 bits per heavy atom. The van der Waals surface area contributed by atoms with E-state index in [0.29, 0.717) is 25.7 Å². The minimum Gasteiger partial charge on any atom is -0.395 e. The van der Waals surface area contributed by atoms with Crippen molar-refractivity contribution in [3.63, 3.8) is 0 Å². The molecule has 0 aromatic rings. The molecule has 0 spiro atoms. The molecule has 0 unspecified atom stereocenters. The Morgan fingerprint density at radius 1 is 0.640 bits per heavy atom. The molecule has 0 rings (SSSR count). The first-order chi connectivity index (χ1) is 11.7. The Hall–Kier alpha value is -2.20. The standard InChI is InChI=1S/C10H20N2O4.C5H10N2O2/c11-9(15)3-1-2-4-10(16)12(5-7-13)6-8-14;6-4(8)2-1-3-5(7)9/h13-14H,1-8H2,(H2,11,15);1-3H2,(H2,6,8)(H2,7,9). The zero-order valence-corrected chi connectivity index (χ0v) is 14.5. The fourth-order valence-corrected chi connectivity index (χ4v) is 1.77. The number of nitrogens with zero attached hydrogens (tertiary/aromatic N) is 1. The maximum atomic E-state index is 11.6. The van der Waals surface area contributed by atoms with Crippen molar-refractivity contribution in [2.45, 2.75) is 44.9 Å². The van der Waals surface area contributed by atoms with Gasteiger partial charge in [-0.1, -0.05) is 0 Å². The second-order valence-electron chi connectivity index (χ2n) is 5.29. The monoisotopic (exact) mass is 362 g/mol. The third kappa shape index (κ3) is 19.8. The molecule has 0 bridgehead atoms. The average Bonchev–Trinajstić information content (AvgIpc) is 2.51. The minimum absolute atomic E-state index is 0.118. The fourth-order valence-electron chi connectivity index (χ4n) is 1.77. The van der Waals surface area contributed by atoms with Gasteiger partial charge in [0.1, 0.15) is 0 Å². The van der Waals surface area contributed by atoms with Crippen molar-refractivity contribution in [1.29, 1.82) is 0 Å².